The molecule has 2 heterocycles. The zero-order chi connectivity index (χ0) is 13.8. The molecule has 2 saturated heterocycles. The highest BCUT2D eigenvalue weighted by molar-refractivity contribution is 5.77. The van der Waals surface area contributed by atoms with Crippen molar-refractivity contribution in [3.8, 4) is 0 Å². The van der Waals surface area contributed by atoms with E-state index in [0.717, 1.165) is 19.3 Å². The second kappa shape index (κ2) is 6.37. The number of amides is 1. The minimum atomic E-state index is -0.736. The van der Waals surface area contributed by atoms with Gasteiger partial charge in [0.15, 0.2) is 0 Å². The summed E-state index contributed by atoms with van der Waals surface area (Å²) in [5, 5.41) is 8.91. The van der Waals surface area contributed by atoms with Crippen LogP contribution in [0.25, 0.3) is 0 Å². The summed E-state index contributed by atoms with van der Waals surface area (Å²) >= 11 is 0. The molecule has 2 fully saturated rings. The SMILES string of the molecule is C[C@@H]1CC[C@@H](CCC(=O)N2CCC(C(=O)O)CC2)O1. The third-order valence-corrected chi connectivity index (χ3v) is 4.20. The van der Waals surface area contributed by atoms with Gasteiger partial charge in [0, 0.05) is 19.5 Å². The fourth-order valence-corrected chi connectivity index (χ4v) is 2.92. The van der Waals surface area contributed by atoms with E-state index >= 15 is 0 Å². The Labute approximate surface area is 113 Å². The number of carboxylic acid groups (broad SMARTS) is 1. The number of piperidine rings is 1. The van der Waals surface area contributed by atoms with Crippen LogP contribution < -0.4 is 0 Å². The molecule has 19 heavy (non-hydrogen) atoms. The molecule has 1 amide bonds. The Kier molecular flexibility index (Phi) is 4.80. The lowest BCUT2D eigenvalue weighted by atomic mass is 9.97. The number of carbonyl (C=O) groups is 2. The van der Waals surface area contributed by atoms with Crippen molar-refractivity contribution in [1.82, 2.24) is 4.90 Å². The molecular weight excluding hydrogens is 246 g/mol. The average molecular weight is 269 g/mol. The number of likely N-dealkylation sites (tertiary alicyclic amines) is 1. The summed E-state index contributed by atoms with van der Waals surface area (Å²) in [5.41, 5.74) is 0. The molecule has 2 aliphatic heterocycles. The third-order valence-electron chi connectivity index (χ3n) is 4.20. The minimum absolute atomic E-state index is 0.145. The number of rotatable bonds is 4. The lowest BCUT2D eigenvalue weighted by Crippen LogP contribution is -2.40. The van der Waals surface area contributed by atoms with Gasteiger partial charge in [-0.05, 0) is 39.0 Å². The molecule has 0 aliphatic carbocycles. The maximum atomic E-state index is 12.0. The molecule has 0 unspecified atom stereocenters. The topological polar surface area (TPSA) is 66.8 Å². The number of carboxylic acids is 1. The number of hydrogen-bond acceptors (Lipinski definition) is 3. The van der Waals surface area contributed by atoms with Gasteiger partial charge in [0.25, 0.3) is 0 Å². The molecule has 0 saturated carbocycles. The van der Waals surface area contributed by atoms with Crippen LogP contribution in [0.1, 0.15) is 45.4 Å². The van der Waals surface area contributed by atoms with Crippen molar-refractivity contribution < 1.29 is 19.4 Å². The Morgan fingerprint density at radius 2 is 1.89 bits per heavy atom. The molecule has 2 atom stereocenters. The summed E-state index contributed by atoms with van der Waals surface area (Å²) in [7, 11) is 0. The van der Waals surface area contributed by atoms with E-state index in [4.69, 9.17) is 9.84 Å². The van der Waals surface area contributed by atoms with Gasteiger partial charge in [-0.15, -0.1) is 0 Å². The fraction of sp³-hybridized carbons (Fsp3) is 0.857. The normalized spacial score (nSPS) is 28.6. The van der Waals surface area contributed by atoms with Gasteiger partial charge in [0.1, 0.15) is 0 Å². The molecule has 0 aromatic heterocycles. The van der Waals surface area contributed by atoms with Crippen molar-refractivity contribution >= 4 is 11.9 Å². The summed E-state index contributed by atoms with van der Waals surface area (Å²) in [4.78, 5) is 24.7. The standard InChI is InChI=1S/C14H23NO4/c1-10-2-3-12(19-10)4-5-13(16)15-8-6-11(7-9-15)14(17)18/h10-12H,2-9H2,1H3,(H,17,18)/t10-,12+/m1/s1. The quantitative estimate of drug-likeness (QED) is 0.843. The van der Waals surface area contributed by atoms with Crippen LogP contribution in [-0.4, -0.2) is 47.2 Å². The van der Waals surface area contributed by atoms with Crippen LogP contribution in [0.15, 0.2) is 0 Å². The predicted octanol–water partition coefficient (Wildman–Crippen LogP) is 1.66. The zero-order valence-electron chi connectivity index (χ0n) is 11.5. The molecule has 5 heteroatoms. The Balaban J connectivity index is 1.68. The van der Waals surface area contributed by atoms with Gasteiger partial charge in [-0.3, -0.25) is 9.59 Å². The Bertz CT molecular complexity index is 336. The third kappa shape index (κ3) is 3.93. The molecule has 1 N–H and O–H groups in total. The van der Waals surface area contributed by atoms with Crippen molar-refractivity contribution in [2.75, 3.05) is 13.1 Å². The Hall–Kier alpha value is -1.10. The Morgan fingerprint density at radius 1 is 1.21 bits per heavy atom. The highest BCUT2D eigenvalue weighted by Gasteiger charge is 2.28. The van der Waals surface area contributed by atoms with Crippen molar-refractivity contribution in [3.05, 3.63) is 0 Å². The van der Waals surface area contributed by atoms with Gasteiger partial charge in [0.05, 0.1) is 18.1 Å². The van der Waals surface area contributed by atoms with Gasteiger partial charge in [-0.25, -0.2) is 0 Å². The first-order chi connectivity index (χ1) is 9.06. The van der Waals surface area contributed by atoms with E-state index in [1.807, 2.05) is 0 Å². The van der Waals surface area contributed by atoms with E-state index in [1.54, 1.807) is 4.90 Å². The lowest BCUT2D eigenvalue weighted by Gasteiger charge is -2.30. The van der Waals surface area contributed by atoms with Crippen molar-refractivity contribution in [2.24, 2.45) is 5.92 Å². The summed E-state index contributed by atoms with van der Waals surface area (Å²) < 4.78 is 5.70. The van der Waals surface area contributed by atoms with Crippen LogP contribution in [0.5, 0.6) is 0 Å². The highest BCUT2D eigenvalue weighted by Crippen LogP contribution is 2.24. The Morgan fingerprint density at radius 3 is 2.42 bits per heavy atom. The molecule has 0 spiro atoms. The first-order valence-electron chi connectivity index (χ1n) is 7.22. The molecule has 0 bridgehead atoms. The minimum Gasteiger partial charge on any atom is -0.481 e. The van der Waals surface area contributed by atoms with Gasteiger partial charge in [-0.2, -0.15) is 0 Å². The van der Waals surface area contributed by atoms with E-state index in [-0.39, 0.29) is 17.9 Å². The van der Waals surface area contributed by atoms with Gasteiger partial charge in [-0.1, -0.05) is 0 Å². The van der Waals surface area contributed by atoms with Crippen molar-refractivity contribution in [3.63, 3.8) is 0 Å². The van der Waals surface area contributed by atoms with Crippen LogP contribution in [0.4, 0.5) is 0 Å². The smallest absolute Gasteiger partial charge is 0.306 e. The molecular formula is C14H23NO4. The highest BCUT2D eigenvalue weighted by atomic mass is 16.5. The largest absolute Gasteiger partial charge is 0.481 e. The average Bonchev–Trinajstić information content (AvgIpc) is 2.82. The molecule has 2 aliphatic rings. The second-order valence-corrected chi connectivity index (χ2v) is 5.68. The number of hydrogen-bond donors (Lipinski definition) is 1. The van der Waals surface area contributed by atoms with E-state index in [0.29, 0.717) is 38.5 Å². The number of nitrogens with zero attached hydrogens (tertiary/aromatic N) is 1. The van der Waals surface area contributed by atoms with E-state index in [9.17, 15) is 9.59 Å². The fourth-order valence-electron chi connectivity index (χ4n) is 2.92. The molecule has 108 valence electrons. The first-order valence-corrected chi connectivity index (χ1v) is 7.22. The second-order valence-electron chi connectivity index (χ2n) is 5.68. The summed E-state index contributed by atoms with van der Waals surface area (Å²) in [6.45, 7) is 3.23. The maximum absolute atomic E-state index is 12.0. The van der Waals surface area contributed by atoms with E-state index in [1.165, 1.54) is 0 Å². The zero-order valence-corrected chi connectivity index (χ0v) is 11.5. The van der Waals surface area contributed by atoms with Crippen LogP contribution in [0, 0.1) is 5.92 Å². The summed E-state index contributed by atoms with van der Waals surface area (Å²) in [6.07, 6.45) is 5.17. The molecule has 2 rings (SSSR count). The van der Waals surface area contributed by atoms with E-state index in [2.05, 4.69) is 6.92 Å². The first kappa shape index (κ1) is 14.3. The number of aliphatic carboxylic acids is 1. The molecule has 0 aromatic carbocycles. The van der Waals surface area contributed by atoms with Gasteiger partial charge >= 0.3 is 5.97 Å². The monoisotopic (exact) mass is 269 g/mol. The lowest BCUT2D eigenvalue weighted by molar-refractivity contribution is -0.145. The van der Waals surface area contributed by atoms with Crippen LogP contribution in [-0.2, 0) is 14.3 Å². The summed E-state index contributed by atoms with van der Waals surface area (Å²) in [6, 6.07) is 0. The predicted molar refractivity (Wildman–Crippen MR) is 69.7 cm³/mol. The molecule has 0 aromatic rings. The number of carbonyl (C=O) groups excluding carboxylic acids is 1. The van der Waals surface area contributed by atoms with Gasteiger partial charge in [0.2, 0.25) is 5.91 Å². The molecule has 5 nitrogen and oxygen atoms in total. The van der Waals surface area contributed by atoms with Crippen molar-refractivity contribution in [1.29, 1.82) is 0 Å². The van der Waals surface area contributed by atoms with Crippen LogP contribution in [0.2, 0.25) is 0 Å². The van der Waals surface area contributed by atoms with Crippen LogP contribution >= 0.6 is 0 Å². The van der Waals surface area contributed by atoms with E-state index < -0.39 is 5.97 Å². The van der Waals surface area contributed by atoms with Gasteiger partial charge < -0.3 is 14.7 Å². The molecule has 0 radical (unpaired) electrons. The van der Waals surface area contributed by atoms with Crippen molar-refractivity contribution in [2.45, 2.75) is 57.7 Å². The number of ether oxygens (including phenoxy) is 1. The summed E-state index contributed by atoms with van der Waals surface area (Å²) in [5.74, 6) is -0.865. The maximum Gasteiger partial charge on any atom is 0.306 e. The van der Waals surface area contributed by atoms with Crippen LogP contribution in [0.3, 0.4) is 0 Å².